The highest BCUT2D eigenvalue weighted by Gasteiger charge is 2.28. The van der Waals surface area contributed by atoms with Gasteiger partial charge in [0.1, 0.15) is 22.1 Å². The Morgan fingerprint density at radius 1 is 0.769 bits per heavy atom. The Hall–Kier alpha value is -3.61. The van der Waals surface area contributed by atoms with Crippen LogP contribution < -0.4 is 0 Å². The van der Waals surface area contributed by atoms with Crippen molar-refractivity contribution in [3.63, 3.8) is 0 Å². The van der Waals surface area contributed by atoms with E-state index < -0.39 is 0 Å². The SMILES string of the molecule is C=C1CCC(=O)C(c2cccc3n[nH]nc23)=C1c1cccc2n[nH]nc12. The number of allylic oxidation sites excluding steroid dienone is 3. The van der Waals surface area contributed by atoms with Crippen molar-refractivity contribution in [3.8, 4) is 0 Å². The van der Waals surface area contributed by atoms with E-state index in [2.05, 4.69) is 37.4 Å². The summed E-state index contributed by atoms with van der Waals surface area (Å²) in [6, 6.07) is 11.4. The number of aromatic nitrogens is 6. The van der Waals surface area contributed by atoms with Crippen LogP contribution in [0.4, 0.5) is 0 Å². The van der Waals surface area contributed by atoms with Crippen LogP contribution in [-0.2, 0) is 4.79 Å². The molecule has 0 saturated heterocycles. The van der Waals surface area contributed by atoms with E-state index in [9.17, 15) is 4.79 Å². The molecule has 0 atom stereocenters. The summed E-state index contributed by atoms with van der Waals surface area (Å²) < 4.78 is 0. The number of hydrogen-bond donors (Lipinski definition) is 2. The van der Waals surface area contributed by atoms with Crippen molar-refractivity contribution in [2.45, 2.75) is 12.8 Å². The Bertz CT molecular complexity index is 1130. The summed E-state index contributed by atoms with van der Waals surface area (Å²) in [6.07, 6.45) is 1.06. The van der Waals surface area contributed by atoms with Gasteiger partial charge in [-0.1, -0.05) is 30.8 Å². The van der Waals surface area contributed by atoms with Gasteiger partial charge in [-0.25, -0.2) is 0 Å². The van der Waals surface area contributed by atoms with E-state index in [4.69, 9.17) is 0 Å². The second-order valence-corrected chi connectivity index (χ2v) is 6.27. The number of para-hydroxylation sites is 2. The second-order valence-electron chi connectivity index (χ2n) is 6.27. The average molecular weight is 342 g/mol. The number of rotatable bonds is 2. The first-order valence-electron chi connectivity index (χ1n) is 8.29. The van der Waals surface area contributed by atoms with Crippen LogP contribution in [0.1, 0.15) is 24.0 Å². The molecule has 4 aromatic rings. The zero-order valence-corrected chi connectivity index (χ0v) is 13.8. The molecule has 0 fully saturated rings. The minimum atomic E-state index is 0.0726. The van der Waals surface area contributed by atoms with Crippen molar-refractivity contribution >= 4 is 39.0 Å². The number of benzene rings is 2. The molecule has 0 bridgehead atoms. The number of nitrogens with one attached hydrogen (secondary N) is 2. The molecule has 0 saturated carbocycles. The lowest BCUT2D eigenvalue weighted by Crippen LogP contribution is -2.12. The van der Waals surface area contributed by atoms with Crippen LogP contribution in [0, 0.1) is 0 Å². The molecule has 2 aromatic heterocycles. The molecule has 5 rings (SSSR count). The fourth-order valence-corrected chi connectivity index (χ4v) is 3.58. The first-order valence-corrected chi connectivity index (χ1v) is 8.29. The summed E-state index contributed by atoms with van der Waals surface area (Å²) in [5.41, 5.74) is 6.84. The Labute approximate surface area is 147 Å². The van der Waals surface area contributed by atoms with Gasteiger partial charge in [0, 0.05) is 23.1 Å². The Morgan fingerprint density at radius 2 is 1.35 bits per heavy atom. The van der Waals surface area contributed by atoms with Gasteiger partial charge in [0.05, 0.1) is 0 Å². The zero-order valence-electron chi connectivity index (χ0n) is 13.8. The van der Waals surface area contributed by atoms with Crippen LogP contribution >= 0.6 is 0 Å². The first-order chi connectivity index (χ1) is 12.7. The lowest BCUT2D eigenvalue weighted by atomic mass is 9.80. The van der Waals surface area contributed by atoms with Gasteiger partial charge in [-0.2, -0.15) is 30.8 Å². The van der Waals surface area contributed by atoms with Gasteiger partial charge in [0.2, 0.25) is 0 Å². The quantitative estimate of drug-likeness (QED) is 0.583. The Kier molecular flexibility index (Phi) is 3.08. The first kappa shape index (κ1) is 14.7. The molecule has 126 valence electrons. The van der Waals surface area contributed by atoms with Gasteiger partial charge in [0.25, 0.3) is 0 Å². The van der Waals surface area contributed by atoms with E-state index in [1.807, 2.05) is 36.4 Å². The summed E-state index contributed by atoms with van der Waals surface area (Å²) in [7, 11) is 0. The minimum Gasteiger partial charge on any atom is -0.294 e. The molecule has 0 unspecified atom stereocenters. The van der Waals surface area contributed by atoms with E-state index in [0.717, 1.165) is 38.8 Å². The van der Waals surface area contributed by atoms with Crippen LogP contribution in [-0.4, -0.2) is 36.6 Å². The molecule has 1 aliphatic rings. The van der Waals surface area contributed by atoms with Crippen molar-refractivity contribution in [1.29, 1.82) is 0 Å². The van der Waals surface area contributed by atoms with Gasteiger partial charge < -0.3 is 0 Å². The largest absolute Gasteiger partial charge is 0.294 e. The number of fused-ring (bicyclic) bond motifs is 2. The number of ketones is 1. The molecular weight excluding hydrogens is 328 g/mol. The third-order valence-electron chi connectivity index (χ3n) is 4.77. The summed E-state index contributed by atoms with van der Waals surface area (Å²) in [6.45, 7) is 4.23. The van der Waals surface area contributed by atoms with Gasteiger partial charge in [-0.3, -0.25) is 4.79 Å². The highest BCUT2D eigenvalue weighted by Crippen LogP contribution is 2.41. The lowest BCUT2D eigenvalue weighted by molar-refractivity contribution is -0.113. The van der Waals surface area contributed by atoms with Crippen molar-refractivity contribution in [2.75, 3.05) is 0 Å². The van der Waals surface area contributed by atoms with Gasteiger partial charge in [-0.05, 0) is 29.7 Å². The third-order valence-corrected chi connectivity index (χ3v) is 4.77. The standard InChI is InChI=1S/C19H14N6O/c1-10-8-9-15(26)17(12-5-3-7-14-19(12)23-25-21-14)16(10)11-4-2-6-13-18(11)22-24-20-13/h2-7H,1,8-9H2,(H,20,22,24)(H,21,23,25). The molecule has 0 aliphatic heterocycles. The molecule has 0 radical (unpaired) electrons. The molecule has 2 aromatic carbocycles. The summed E-state index contributed by atoms with van der Waals surface area (Å²) in [5, 5.41) is 22.1. The van der Waals surface area contributed by atoms with Crippen LogP contribution in [0.3, 0.4) is 0 Å². The molecule has 0 spiro atoms. The molecule has 7 heteroatoms. The topological polar surface area (TPSA) is 100 Å². The average Bonchev–Trinajstić information content (AvgIpc) is 3.31. The fourth-order valence-electron chi connectivity index (χ4n) is 3.58. The van der Waals surface area contributed by atoms with Crippen LogP contribution in [0.25, 0.3) is 33.2 Å². The lowest BCUT2D eigenvalue weighted by Gasteiger charge is -2.22. The molecular formula is C19H14N6O. The predicted molar refractivity (Wildman–Crippen MR) is 98.0 cm³/mol. The van der Waals surface area contributed by atoms with Crippen molar-refractivity contribution in [1.82, 2.24) is 30.8 Å². The number of nitrogens with zero attached hydrogens (tertiary/aromatic N) is 4. The maximum atomic E-state index is 13.0. The summed E-state index contributed by atoms with van der Waals surface area (Å²) in [5.74, 6) is 0.0726. The number of hydrogen-bond acceptors (Lipinski definition) is 5. The Morgan fingerprint density at radius 3 is 1.96 bits per heavy atom. The van der Waals surface area contributed by atoms with Gasteiger partial charge >= 0.3 is 0 Å². The van der Waals surface area contributed by atoms with E-state index in [1.54, 1.807) is 0 Å². The maximum absolute atomic E-state index is 13.0. The van der Waals surface area contributed by atoms with Crippen LogP contribution in [0.2, 0.25) is 0 Å². The van der Waals surface area contributed by atoms with Crippen LogP contribution in [0.15, 0.2) is 48.6 Å². The molecule has 1 aliphatic carbocycles. The highest BCUT2D eigenvalue weighted by molar-refractivity contribution is 6.33. The van der Waals surface area contributed by atoms with Crippen molar-refractivity contribution < 1.29 is 4.79 Å². The number of H-pyrrole nitrogens is 2. The van der Waals surface area contributed by atoms with Gasteiger partial charge in [0.15, 0.2) is 5.78 Å². The van der Waals surface area contributed by atoms with E-state index >= 15 is 0 Å². The zero-order chi connectivity index (χ0) is 17.7. The fraction of sp³-hybridized carbons (Fsp3) is 0.105. The van der Waals surface area contributed by atoms with E-state index in [0.29, 0.717) is 23.9 Å². The number of aromatic amines is 2. The maximum Gasteiger partial charge on any atom is 0.164 e. The van der Waals surface area contributed by atoms with Crippen LogP contribution in [0.5, 0.6) is 0 Å². The molecule has 0 amide bonds. The molecule has 7 nitrogen and oxygen atoms in total. The number of carbonyl (C=O) groups is 1. The molecule has 26 heavy (non-hydrogen) atoms. The smallest absolute Gasteiger partial charge is 0.164 e. The monoisotopic (exact) mass is 342 g/mol. The third kappa shape index (κ3) is 2.03. The van der Waals surface area contributed by atoms with Crippen molar-refractivity contribution in [2.24, 2.45) is 0 Å². The second kappa shape index (κ2) is 5.45. The number of Topliss-reactive ketones (excluding diaryl/α,β-unsaturated/α-hetero) is 1. The van der Waals surface area contributed by atoms with Gasteiger partial charge in [-0.15, -0.1) is 0 Å². The van der Waals surface area contributed by atoms with E-state index in [1.165, 1.54) is 0 Å². The normalized spacial score (nSPS) is 15.4. The van der Waals surface area contributed by atoms with E-state index in [-0.39, 0.29) is 5.78 Å². The molecule has 2 N–H and O–H groups in total. The Balaban J connectivity index is 1.90. The predicted octanol–water partition coefficient (Wildman–Crippen LogP) is 3.06. The minimum absolute atomic E-state index is 0.0726. The van der Waals surface area contributed by atoms with Crippen molar-refractivity contribution in [3.05, 3.63) is 59.7 Å². The summed E-state index contributed by atoms with van der Waals surface area (Å²) in [4.78, 5) is 13.0. The molecule has 2 heterocycles. The highest BCUT2D eigenvalue weighted by atomic mass is 16.1. The summed E-state index contributed by atoms with van der Waals surface area (Å²) >= 11 is 0. The number of carbonyl (C=O) groups excluding carboxylic acids is 1.